The monoisotopic (exact) mass is 365 g/mol. The molecular weight excluding hydrogens is 354 g/mol. The summed E-state index contributed by atoms with van der Waals surface area (Å²) in [4.78, 5) is 16.3. The highest BCUT2D eigenvalue weighted by atomic mass is 35.5. The van der Waals surface area contributed by atoms with E-state index in [0.717, 1.165) is 11.1 Å². The Morgan fingerprint density at radius 2 is 1.69 bits per heavy atom. The minimum absolute atomic E-state index is 0.250. The number of nitrogens with one attached hydrogen (secondary N) is 1. The number of carbonyl (C=O) groups excluding carboxylic acids is 1. The molecule has 2 aromatic heterocycles. The van der Waals surface area contributed by atoms with Crippen LogP contribution in [0.4, 0.5) is 5.69 Å². The summed E-state index contributed by atoms with van der Waals surface area (Å²) in [7, 11) is 0. The first-order valence-electron chi connectivity index (χ1n) is 7.74. The number of nitrogens with zero attached hydrogens (tertiary/aromatic N) is 2. The van der Waals surface area contributed by atoms with Gasteiger partial charge in [-0.3, -0.25) is 4.79 Å². The standard InChI is InChI=1S/C19H12ClN3O3/c20-14-7-3-13(4-8-14)19-22-17(23-26-19)12-5-9-15(10-6-12)21-18(24)16-2-1-11-25-16/h1-11H,(H,21,24). The topological polar surface area (TPSA) is 81.2 Å². The Balaban J connectivity index is 1.50. The quantitative estimate of drug-likeness (QED) is 0.556. The number of furan rings is 1. The maximum absolute atomic E-state index is 12.0. The van der Waals surface area contributed by atoms with Gasteiger partial charge in [0.1, 0.15) is 0 Å². The van der Waals surface area contributed by atoms with Gasteiger partial charge < -0.3 is 14.3 Å². The molecule has 0 unspecified atom stereocenters. The maximum Gasteiger partial charge on any atom is 0.291 e. The predicted octanol–water partition coefficient (Wildman–Crippen LogP) is 4.90. The summed E-state index contributed by atoms with van der Waals surface area (Å²) in [5, 5.41) is 7.38. The summed E-state index contributed by atoms with van der Waals surface area (Å²) in [5.41, 5.74) is 2.19. The number of anilines is 1. The van der Waals surface area contributed by atoms with E-state index < -0.39 is 0 Å². The van der Waals surface area contributed by atoms with Crippen molar-refractivity contribution in [2.24, 2.45) is 0 Å². The molecule has 0 aliphatic carbocycles. The van der Waals surface area contributed by atoms with Crippen molar-refractivity contribution in [2.45, 2.75) is 0 Å². The summed E-state index contributed by atoms with van der Waals surface area (Å²) < 4.78 is 10.4. The molecule has 0 atom stereocenters. The molecule has 6 nitrogen and oxygen atoms in total. The van der Waals surface area contributed by atoms with Crippen LogP contribution in [0.3, 0.4) is 0 Å². The average Bonchev–Trinajstić information content (AvgIpc) is 3.35. The molecule has 1 amide bonds. The number of rotatable bonds is 4. The number of halogens is 1. The Hall–Kier alpha value is -3.38. The lowest BCUT2D eigenvalue weighted by Gasteiger charge is -2.03. The third kappa shape index (κ3) is 3.36. The Bertz CT molecular complexity index is 1020. The van der Waals surface area contributed by atoms with Gasteiger partial charge in [-0.15, -0.1) is 0 Å². The van der Waals surface area contributed by atoms with Gasteiger partial charge in [-0.1, -0.05) is 16.8 Å². The molecule has 0 fully saturated rings. The zero-order valence-electron chi connectivity index (χ0n) is 13.3. The van der Waals surface area contributed by atoms with Gasteiger partial charge in [0.15, 0.2) is 5.76 Å². The van der Waals surface area contributed by atoms with E-state index in [9.17, 15) is 4.79 Å². The van der Waals surface area contributed by atoms with E-state index in [2.05, 4.69) is 15.5 Å². The van der Waals surface area contributed by atoms with E-state index in [1.165, 1.54) is 6.26 Å². The van der Waals surface area contributed by atoms with Crippen LogP contribution >= 0.6 is 11.6 Å². The van der Waals surface area contributed by atoms with Crippen LogP contribution in [0.2, 0.25) is 5.02 Å². The van der Waals surface area contributed by atoms with E-state index in [-0.39, 0.29) is 11.7 Å². The maximum atomic E-state index is 12.0. The van der Waals surface area contributed by atoms with E-state index in [0.29, 0.717) is 22.4 Å². The second-order valence-electron chi connectivity index (χ2n) is 5.44. The minimum atomic E-state index is -0.313. The van der Waals surface area contributed by atoms with Crippen LogP contribution in [-0.2, 0) is 0 Å². The van der Waals surface area contributed by atoms with Crippen molar-refractivity contribution in [3.8, 4) is 22.8 Å². The summed E-state index contributed by atoms with van der Waals surface area (Å²) in [6.07, 6.45) is 1.45. The van der Waals surface area contributed by atoms with Gasteiger partial charge in [-0.2, -0.15) is 4.98 Å². The van der Waals surface area contributed by atoms with Crippen LogP contribution in [0.15, 0.2) is 75.9 Å². The molecule has 7 heteroatoms. The fourth-order valence-electron chi connectivity index (χ4n) is 2.35. The smallest absolute Gasteiger partial charge is 0.291 e. The predicted molar refractivity (Wildman–Crippen MR) is 96.8 cm³/mol. The van der Waals surface area contributed by atoms with E-state index in [1.54, 1.807) is 48.5 Å². The summed E-state index contributed by atoms with van der Waals surface area (Å²) >= 11 is 5.88. The molecule has 4 aromatic rings. The molecule has 4 rings (SSSR count). The second-order valence-corrected chi connectivity index (χ2v) is 5.88. The van der Waals surface area contributed by atoms with Crippen LogP contribution < -0.4 is 5.32 Å². The second kappa shape index (κ2) is 6.85. The number of aromatic nitrogens is 2. The highest BCUT2D eigenvalue weighted by Crippen LogP contribution is 2.24. The zero-order chi connectivity index (χ0) is 17.9. The Morgan fingerprint density at radius 3 is 2.38 bits per heavy atom. The molecule has 0 spiro atoms. The van der Waals surface area contributed by atoms with Crippen LogP contribution in [0.5, 0.6) is 0 Å². The highest BCUT2D eigenvalue weighted by Gasteiger charge is 2.12. The molecular formula is C19H12ClN3O3. The summed E-state index contributed by atoms with van der Waals surface area (Å²) in [6, 6.07) is 17.5. The molecule has 0 aliphatic heterocycles. The largest absolute Gasteiger partial charge is 0.459 e. The third-order valence-corrected chi connectivity index (χ3v) is 3.92. The SMILES string of the molecule is O=C(Nc1ccc(-c2noc(-c3ccc(Cl)cc3)n2)cc1)c1ccco1. The third-order valence-electron chi connectivity index (χ3n) is 3.66. The van der Waals surface area contributed by atoms with E-state index in [4.69, 9.17) is 20.5 Å². The summed E-state index contributed by atoms with van der Waals surface area (Å²) in [6.45, 7) is 0. The van der Waals surface area contributed by atoms with Gasteiger partial charge in [-0.25, -0.2) is 0 Å². The Kier molecular flexibility index (Phi) is 4.25. The normalized spacial score (nSPS) is 10.7. The van der Waals surface area contributed by atoms with Crippen LogP contribution in [-0.4, -0.2) is 16.0 Å². The van der Waals surface area contributed by atoms with Gasteiger partial charge in [0.05, 0.1) is 6.26 Å². The van der Waals surface area contributed by atoms with Gasteiger partial charge in [0, 0.05) is 21.8 Å². The fourth-order valence-corrected chi connectivity index (χ4v) is 2.48. The number of amides is 1. The first-order chi connectivity index (χ1) is 12.7. The molecule has 0 saturated heterocycles. The Labute approximate surface area is 153 Å². The molecule has 128 valence electrons. The number of carbonyl (C=O) groups is 1. The number of hydrogen-bond donors (Lipinski definition) is 1. The molecule has 2 aromatic carbocycles. The molecule has 0 aliphatic rings. The van der Waals surface area contributed by atoms with Crippen LogP contribution in [0.1, 0.15) is 10.6 Å². The molecule has 1 N–H and O–H groups in total. The van der Waals surface area contributed by atoms with Crippen LogP contribution in [0.25, 0.3) is 22.8 Å². The van der Waals surface area contributed by atoms with Crippen molar-refractivity contribution in [3.05, 3.63) is 77.7 Å². The lowest BCUT2D eigenvalue weighted by atomic mass is 10.2. The molecule has 0 saturated carbocycles. The van der Waals surface area contributed by atoms with Crippen molar-refractivity contribution in [1.29, 1.82) is 0 Å². The van der Waals surface area contributed by atoms with Gasteiger partial charge in [-0.05, 0) is 60.7 Å². The Morgan fingerprint density at radius 1 is 0.962 bits per heavy atom. The molecule has 2 heterocycles. The molecule has 0 radical (unpaired) electrons. The lowest BCUT2D eigenvalue weighted by Crippen LogP contribution is -2.10. The first kappa shape index (κ1) is 16.1. The fraction of sp³-hybridized carbons (Fsp3) is 0. The zero-order valence-corrected chi connectivity index (χ0v) is 14.1. The van der Waals surface area contributed by atoms with Crippen molar-refractivity contribution in [3.63, 3.8) is 0 Å². The minimum Gasteiger partial charge on any atom is -0.459 e. The first-order valence-corrected chi connectivity index (χ1v) is 8.12. The number of benzene rings is 2. The molecule has 26 heavy (non-hydrogen) atoms. The average molecular weight is 366 g/mol. The van der Waals surface area contributed by atoms with Crippen molar-refractivity contribution in [1.82, 2.24) is 10.1 Å². The summed E-state index contributed by atoms with van der Waals surface area (Å²) in [5.74, 6) is 0.804. The van der Waals surface area contributed by atoms with Gasteiger partial charge in [0.25, 0.3) is 11.8 Å². The van der Waals surface area contributed by atoms with Crippen molar-refractivity contribution >= 4 is 23.2 Å². The van der Waals surface area contributed by atoms with Gasteiger partial charge in [0.2, 0.25) is 5.82 Å². The van der Waals surface area contributed by atoms with E-state index in [1.807, 2.05) is 12.1 Å². The highest BCUT2D eigenvalue weighted by molar-refractivity contribution is 6.30. The van der Waals surface area contributed by atoms with Crippen molar-refractivity contribution < 1.29 is 13.7 Å². The molecule has 0 bridgehead atoms. The van der Waals surface area contributed by atoms with Crippen molar-refractivity contribution in [2.75, 3.05) is 5.32 Å². The lowest BCUT2D eigenvalue weighted by molar-refractivity contribution is 0.0996. The van der Waals surface area contributed by atoms with E-state index >= 15 is 0 Å². The van der Waals surface area contributed by atoms with Gasteiger partial charge >= 0.3 is 0 Å². The van der Waals surface area contributed by atoms with Crippen LogP contribution in [0, 0.1) is 0 Å². The number of hydrogen-bond acceptors (Lipinski definition) is 5.